The van der Waals surface area contributed by atoms with Crippen LogP contribution in [-0.4, -0.2) is 104 Å². The van der Waals surface area contributed by atoms with Gasteiger partial charge < -0.3 is 19.9 Å². The van der Waals surface area contributed by atoms with Crippen LogP contribution in [0.15, 0.2) is 48.2 Å². The monoisotopic (exact) mass is 487 g/mol. The first-order chi connectivity index (χ1) is 16.4. The summed E-state index contributed by atoms with van der Waals surface area (Å²) in [5.74, 6) is -0.338. The van der Waals surface area contributed by atoms with E-state index in [1.54, 1.807) is 36.3 Å². The van der Waals surface area contributed by atoms with E-state index in [1.165, 1.54) is 9.80 Å². The van der Waals surface area contributed by atoms with Gasteiger partial charge in [-0.3, -0.25) is 19.4 Å². The van der Waals surface area contributed by atoms with Crippen molar-refractivity contribution in [2.24, 2.45) is 0 Å². The molecule has 1 N–H and O–H groups in total. The predicted molar refractivity (Wildman–Crippen MR) is 128 cm³/mol. The molecule has 0 bridgehead atoms. The van der Waals surface area contributed by atoms with Gasteiger partial charge in [0.05, 0.1) is 30.5 Å². The first-order valence-corrected chi connectivity index (χ1v) is 11.8. The third kappa shape index (κ3) is 4.96. The van der Waals surface area contributed by atoms with E-state index in [9.17, 15) is 14.4 Å². The standard InChI is InChI=1S/C24H30ClN5O4/c1-3-7-30-19-15-29(16-20(31)28-10-8-27(9-11-28)12-13-34-2)23(32)21(19)22(26-24(30)33)17-5-4-6-18(25)14-17/h3-6,14,22H,1,7-13,15-16H2,2H3,(H,26,33)/t22-/m1/s1. The van der Waals surface area contributed by atoms with Gasteiger partial charge in [0, 0.05) is 51.4 Å². The number of benzene rings is 1. The summed E-state index contributed by atoms with van der Waals surface area (Å²) in [6.45, 7) is 8.46. The number of halogens is 1. The molecule has 182 valence electrons. The van der Waals surface area contributed by atoms with E-state index in [-0.39, 0.29) is 37.5 Å². The van der Waals surface area contributed by atoms with Crippen molar-refractivity contribution in [3.05, 3.63) is 58.8 Å². The summed E-state index contributed by atoms with van der Waals surface area (Å²) in [6.07, 6.45) is 1.62. The second-order valence-electron chi connectivity index (χ2n) is 8.57. The summed E-state index contributed by atoms with van der Waals surface area (Å²) in [7, 11) is 1.68. The first-order valence-electron chi connectivity index (χ1n) is 11.4. The zero-order chi connectivity index (χ0) is 24.2. The molecule has 4 amide bonds. The second kappa shape index (κ2) is 10.6. The molecule has 1 aromatic carbocycles. The molecule has 0 saturated carbocycles. The number of piperazine rings is 1. The number of nitrogens with one attached hydrogen (secondary N) is 1. The van der Waals surface area contributed by atoms with Crippen molar-refractivity contribution < 1.29 is 19.1 Å². The summed E-state index contributed by atoms with van der Waals surface area (Å²) >= 11 is 6.17. The lowest BCUT2D eigenvalue weighted by molar-refractivity contribution is -0.139. The van der Waals surface area contributed by atoms with E-state index in [0.717, 1.165) is 25.2 Å². The van der Waals surface area contributed by atoms with Gasteiger partial charge in [0.15, 0.2) is 0 Å². The number of amides is 4. The number of ether oxygens (including phenoxy) is 1. The van der Waals surface area contributed by atoms with Crippen molar-refractivity contribution in [1.82, 2.24) is 24.9 Å². The highest BCUT2D eigenvalue weighted by molar-refractivity contribution is 6.30. The van der Waals surface area contributed by atoms with Gasteiger partial charge in [-0.2, -0.15) is 0 Å². The van der Waals surface area contributed by atoms with Crippen LogP contribution in [0.1, 0.15) is 11.6 Å². The van der Waals surface area contributed by atoms with E-state index in [1.807, 2.05) is 6.07 Å². The number of methoxy groups -OCH3 is 1. The van der Waals surface area contributed by atoms with E-state index in [2.05, 4.69) is 16.8 Å². The van der Waals surface area contributed by atoms with Gasteiger partial charge in [0.1, 0.15) is 6.54 Å². The molecule has 9 nitrogen and oxygen atoms in total. The fourth-order valence-electron chi connectivity index (χ4n) is 4.64. The Kier molecular flexibility index (Phi) is 7.55. The Balaban J connectivity index is 1.49. The van der Waals surface area contributed by atoms with Crippen LogP contribution in [0.25, 0.3) is 0 Å². The average Bonchev–Trinajstić information content (AvgIpc) is 3.15. The van der Waals surface area contributed by atoms with Crippen molar-refractivity contribution >= 4 is 29.4 Å². The van der Waals surface area contributed by atoms with Crippen LogP contribution >= 0.6 is 11.6 Å². The van der Waals surface area contributed by atoms with Gasteiger partial charge in [-0.05, 0) is 17.7 Å². The fourth-order valence-corrected chi connectivity index (χ4v) is 4.84. The number of carbonyl (C=O) groups is 3. The summed E-state index contributed by atoms with van der Waals surface area (Å²) in [4.78, 5) is 46.5. The van der Waals surface area contributed by atoms with E-state index in [4.69, 9.17) is 16.3 Å². The minimum absolute atomic E-state index is 0.0255. The van der Waals surface area contributed by atoms with Crippen LogP contribution in [0.5, 0.6) is 0 Å². The lowest BCUT2D eigenvalue weighted by Gasteiger charge is -2.35. The van der Waals surface area contributed by atoms with Crippen LogP contribution in [-0.2, 0) is 14.3 Å². The van der Waals surface area contributed by atoms with Crippen molar-refractivity contribution in [1.29, 1.82) is 0 Å². The molecule has 4 rings (SSSR count). The molecule has 0 spiro atoms. The summed E-state index contributed by atoms with van der Waals surface area (Å²) in [5, 5.41) is 3.44. The SMILES string of the molecule is C=CCN1C(=O)N[C@H](c2cccc(Cl)c2)C2=C1CN(CC(=O)N1CCN(CCOC)CC1)C2=O. The topological polar surface area (TPSA) is 85.4 Å². The molecule has 34 heavy (non-hydrogen) atoms. The van der Waals surface area contributed by atoms with Crippen molar-refractivity contribution in [2.45, 2.75) is 6.04 Å². The Hall–Kier alpha value is -2.88. The Labute approximate surface area is 204 Å². The molecule has 3 heterocycles. The Morgan fingerprint density at radius 3 is 2.71 bits per heavy atom. The van der Waals surface area contributed by atoms with Crippen LogP contribution in [0, 0.1) is 0 Å². The third-order valence-corrected chi connectivity index (χ3v) is 6.69. The predicted octanol–water partition coefficient (Wildman–Crippen LogP) is 1.48. The normalized spacial score (nSPS) is 21.1. The molecule has 1 fully saturated rings. The molecule has 1 atom stereocenters. The number of hydrogen-bond acceptors (Lipinski definition) is 5. The maximum atomic E-state index is 13.5. The lowest BCUT2D eigenvalue weighted by atomic mass is 9.95. The molecular formula is C24H30ClN5O4. The zero-order valence-corrected chi connectivity index (χ0v) is 20.1. The number of urea groups is 1. The minimum Gasteiger partial charge on any atom is -0.383 e. The molecule has 0 unspecified atom stereocenters. The van der Waals surface area contributed by atoms with Crippen molar-refractivity contribution in [3.8, 4) is 0 Å². The summed E-state index contributed by atoms with van der Waals surface area (Å²) in [5.41, 5.74) is 1.80. The molecule has 3 aliphatic heterocycles. The Morgan fingerprint density at radius 2 is 2.03 bits per heavy atom. The average molecular weight is 488 g/mol. The largest absolute Gasteiger partial charge is 0.383 e. The zero-order valence-electron chi connectivity index (χ0n) is 19.3. The van der Waals surface area contributed by atoms with Crippen molar-refractivity contribution in [2.75, 3.05) is 66.1 Å². The van der Waals surface area contributed by atoms with E-state index >= 15 is 0 Å². The highest BCUT2D eigenvalue weighted by Gasteiger charge is 2.44. The Morgan fingerprint density at radius 1 is 1.26 bits per heavy atom. The lowest BCUT2D eigenvalue weighted by Crippen LogP contribution is -2.52. The summed E-state index contributed by atoms with van der Waals surface area (Å²) < 4.78 is 5.13. The number of carbonyl (C=O) groups excluding carboxylic acids is 3. The molecule has 0 aliphatic carbocycles. The van der Waals surface area contributed by atoms with Gasteiger partial charge in [0.25, 0.3) is 5.91 Å². The molecule has 3 aliphatic rings. The van der Waals surface area contributed by atoms with Gasteiger partial charge in [-0.25, -0.2) is 4.79 Å². The van der Waals surface area contributed by atoms with E-state index < -0.39 is 6.04 Å². The Bertz CT molecular complexity index is 1000. The van der Waals surface area contributed by atoms with Gasteiger partial charge in [-0.15, -0.1) is 6.58 Å². The van der Waals surface area contributed by atoms with Crippen molar-refractivity contribution in [3.63, 3.8) is 0 Å². The first kappa shape index (κ1) is 24.3. The minimum atomic E-state index is -0.626. The van der Waals surface area contributed by atoms with Crippen LogP contribution in [0.3, 0.4) is 0 Å². The third-order valence-electron chi connectivity index (χ3n) is 6.45. The van der Waals surface area contributed by atoms with Crippen LogP contribution in [0.2, 0.25) is 5.02 Å². The molecule has 0 aromatic heterocycles. The van der Waals surface area contributed by atoms with E-state index in [0.29, 0.717) is 36.0 Å². The molecule has 10 heteroatoms. The molecule has 1 aromatic rings. The second-order valence-corrected chi connectivity index (χ2v) is 9.01. The van der Waals surface area contributed by atoms with Gasteiger partial charge in [0.2, 0.25) is 5.91 Å². The number of hydrogen-bond donors (Lipinski definition) is 1. The molecular weight excluding hydrogens is 458 g/mol. The highest BCUT2D eigenvalue weighted by Crippen LogP contribution is 2.36. The molecule has 1 saturated heterocycles. The quantitative estimate of drug-likeness (QED) is 0.561. The van der Waals surface area contributed by atoms with Crippen LogP contribution < -0.4 is 5.32 Å². The maximum Gasteiger partial charge on any atom is 0.322 e. The number of rotatable bonds is 8. The fraction of sp³-hybridized carbons (Fsp3) is 0.458. The summed E-state index contributed by atoms with van der Waals surface area (Å²) in [6, 6.07) is 6.16. The highest BCUT2D eigenvalue weighted by atomic mass is 35.5. The van der Waals surface area contributed by atoms with Gasteiger partial charge >= 0.3 is 6.03 Å². The number of nitrogens with zero attached hydrogens (tertiary/aromatic N) is 4. The van der Waals surface area contributed by atoms with Crippen LogP contribution in [0.4, 0.5) is 4.79 Å². The van der Waals surface area contributed by atoms with Gasteiger partial charge in [-0.1, -0.05) is 29.8 Å². The maximum absolute atomic E-state index is 13.5. The molecule has 0 radical (unpaired) electrons. The smallest absolute Gasteiger partial charge is 0.322 e.